The third kappa shape index (κ3) is 2.09. The molecule has 24 heavy (non-hydrogen) atoms. The molecule has 1 aliphatic heterocycles. The molecule has 0 unspecified atom stereocenters. The van der Waals surface area contributed by atoms with Crippen molar-refractivity contribution >= 4 is 11.6 Å². The van der Waals surface area contributed by atoms with E-state index in [-0.39, 0.29) is 22.0 Å². The Morgan fingerprint density at radius 3 is 2.54 bits per heavy atom. The standard InChI is InChI=1S/C21H31ClO2/c1-18(2)16-7-9-20(12-13-22)8-5-4-6-17(20)19(16,3)10-11-21(18)23-14-15-24-21/h6,12-13,16H,4-5,7-11,14-15H2,1-3H3/b13-12+/t16-,19-,20+/m0/s1. The molecule has 0 N–H and O–H groups in total. The van der Waals surface area contributed by atoms with Crippen LogP contribution in [-0.4, -0.2) is 19.0 Å². The lowest BCUT2D eigenvalue weighted by molar-refractivity contribution is -0.284. The summed E-state index contributed by atoms with van der Waals surface area (Å²) in [5.74, 6) is 0.229. The fourth-order valence-corrected chi connectivity index (χ4v) is 7.04. The van der Waals surface area contributed by atoms with Gasteiger partial charge in [-0.25, -0.2) is 0 Å². The number of rotatable bonds is 1. The number of hydrogen-bond donors (Lipinski definition) is 0. The van der Waals surface area contributed by atoms with Gasteiger partial charge in [0.25, 0.3) is 0 Å². The molecule has 3 fully saturated rings. The molecular weight excluding hydrogens is 320 g/mol. The Morgan fingerprint density at radius 2 is 1.83 bits per heavy atom. The average molecular weight is 351 g/mol. The first-order valence-electron chi connectivity index (χ1n) is 9.67. The molecule has 2 nitrogen and oxygen atoms in total. The predicted octanol–water partition coefficient (Wildman–Crippen LogP) is 5.82. The lowest BCUT2D eigenvalue weighted by atomic mass is 9.43. The van der Waals surface area contributed by atoms with E-state index in [1.54, 1.807) is 11.1 Å². The highest BCUT2D eigenvalue weighted by atomic mass is 35.5. The molecule has 3 atom stereocenters. The van der Waals surface area contributed by atoms with E-state index in [0.717, 1.165) is 26.1 Å². The van der Waals surface area contributed by atoms with Gasteiger partial charge in [-0.1, -0.05) is 50.1 Å². The van der Waals surface area contributed by atoms with Gasteiger partial charge in [-0.05, 0) is 49.9 Å². The van der Waals surface area contributed by atoms with Crippen LogP contribution in [0.3, 0.4) is 0 Å². The molecule has 3 heteroatoms. The van der Waals surface area contributed by atoms with Gasteiger partial charge in [-0.3, -0.25) is 0 Å². The van der Waals surface area contributed by atoms with Gasteiger partial charge < -0.3 is 9.47 Å². The Morgan fingerprint density at radius 1 is 1.08 bits per heavy atom. The van der Waals surface area contributed by atoms with Crippen molar-refractivity contribution in [2.24, 2.45) is 22.2 Å². The minimum absolute atomic E-state index is 0.0334. The molecule has 0 aromatic rings. The van der Waals surface area contributed by atoms with Crippen molar-refractivity contribution in [3.63, 3.8) is 0 Å². The summed E-state index contributed by atoms with van der Waals surface area (Å²) in [4.78, 5) is 0. The summed E-state index contributed by atoms with van der Waals surface area (Å²) in [6.07, 6.45) is 13.2. The molecular formula is C21H31ClO2. The molecule has 134 valence electrons. The maximum Gasteiger partial charge on any atom is 0.173 e. The third-order valence-corrected chi connectivity index (χ3v) is 8.06. The van der Waals surface area contributed by atoms with E-state index in [1.165, 1.54) is 32.1 Å². The van der Waals surface area contributed by atoms with Gasteiger partial charge in [-0.15, -0.1) is 0 Å². The molecule has 1 saturated heterocycles. The topological polar surface area (TPSA) is 18.5 Å². The second-order valence-corrected chi connectivity index (χ2v) is 9.39. The predicted molar refractivity (Wildman–Crippen MR) is 97.8 cm³/mol. The second-order valence-electron chi connectivity index (χ2n) is 9.14. The smallest absolute Gasteiger partial charge is 0.173 e. The van der Waals surface area contributed by atoms with E-state index < -0.39 is 0 Å². The van der Waals surface area contributed by atoms with Gasteiger partial charge in [0.05, 0.1) is 13.2 Å². The van der Waals surface area contributed by atoms with Crippen LogP contribution in [0.2, 0.25) is 0 Å². The van der Waals surface area contributed by atoms with Gasteiger partial charge in [0.1, 0.15) is 0 Å². The monoisotopic (exact) mass is 350 g/mol. The highest BCUT2D eigenvalue weighted by Gasteiger charge is 2.65. The summed E-state index contributed by atoms with van der Waals surface area (Å²) in [5, 5.41) is 0. The lowest BCUT2D eigenvalue weighted by Crippen LogP contribution is -2.61. The Hall–Kier alpha value is -0.310. The SMILES string of the molecule is CC1(C)[C@@H]2CC[C@@]3(/C=C/Cl)CCCC=C3[C@@]2(C)CCC12OCCO2. The van der Waals surface area contributed by atoms with Gasteiger partial charge in [0.2, 0.25) is 0 Å². The van der Waals surface area contributed by atoms with Crippen molar-refractivity contribution in [2.75, 3.05) is 13.2 Å². The molecule has 1 heterocycles. The molecule has 4 aliphatic rings. The lowest BCUT2D eigenvalue weighted by Gasteiger charge is -2.64. The van der Waals surface area contributed by atoms with Crippen molar-refractivity contribution in [2.45, 2.75) is 71.5 Å². The van der Waals surface area contributed by atoms with Crippen LogP contribution < -0.4 is 0 Å². The number of halogens is 1. The highest BCUT2D eigenvalue weighted by molar-refractivity contribution is 6.25. The van der Waals surface area contributed by atoms with Crippen LogP contribution in [-0.2, 0) is 9.47 Å². The van der Waals surface area contributed by atoms with Gasteiger partial charge in [0.15, 0.2) is 5.79 Å². The molecule has 0 aromatic carbocycles. The number of allylic oxidation sites excluding steroid dienone is 3. The first-order chi connectivity index (χ1) is 11.4. The van der Waals surface area contributed by atoms with Crippen LogP contribution in [0.4, 0.5) is 0 Å². The van der Waals surface area contributed by atoms with E-state index in [0.29, 0.717) is 5.92 Å². The van der Waals surface area contributed by atoms with Gasteiger partial charge >= 0.3 is 0 Å². The maximum atomic E-state index is 6.22. The van der Waals surface area contributed by atoms with Crippen LogP contribution in [0.1, 0.15) is 65.7 Å². The molecule has 3 aliphatic carbocycles. The molecule has 0 bridgehead atoms. The van der Waals surface area contributed by atoms with E-state index in [1.807, 2.05) is 0 Å². The Bertz CT molecular complexity index is 572. The zero-order valence-corrected chi connectivity index (χ0v) is 16.1. The van der Waals surface area contributed by atoms with Crippen molar-refractivity contribution in [3.8, 4) is 0 Å². The summed E-state index contributed by atoms with van der Waals surface area (Å²) in [7, 11) is 0. The number of fused-ring (bicyclic) bond motifs is 3. The van der Waals surface area contributed by atoms with Crippen molar-refractivity contribution in [3.05, 3.63) is 23.3 Å². The third-order valence-electron chi connectivity index (χ3n) is 7.94. The Balaban J connectivity index is 1.77. The van der Waals surface area contributed by atoms with E-state index in [2.05, 4.69) is 32.9 Å². The largest absolute Gasteiger partial charge is 0.347 e. The van der Waals surface area contributed by atoms with E-state index >= 15 is 0 Å². The summed E-state index contributed by atoms with van der Waals surface area (Å²) in [5.41, 5.74) is 3.89. The van der Waals surface area contributed by atoms with Crippen LogP contribution in [0.15, 0.2) is 23.3 Å². The first-order valence-corrected chi connectivity index (χ1v) is 10.1. The van der Waals surface area contributed by atoms with E-state index in [4.69, 9.17) is 21.1 Å². The number of hydrogen-bond acceptors (Lipinski definition) is 2. The van der Waals surface area contributed by atoms with Crippen molar-refractivity contribution < 1.29 is 9.47 Å². The average Bonchev–Trinajstić information content (AvgIpc) is 3.03. The van der Waals surface area contributed by atoms with Gasteiger partial charge in [0, 0.05) is 22.8 Å². The molecule has 2 saturated carbocycles. The molecule has 0 amide bonds. The Labute approximate surface area is 151 Å². The second kappa shape index (κ2) is 5.59. The zero-order chi connectivity index (χ0) is 17.1. The van der Waals surface area contributed by atoms with Crippen LogP contribution in [0.25, 0.3) is 0 Å². The quantitative estimate of drug-likeness (QED) is 0.555. The fourth-order valence-electron chi connectivity index (χ4n) is 6.80. The minimum atomic E-state index is -0.366. The van der Waals surface area contributed by atoms with Crippen LogP contribution in [0, 0.1) is 22.2 Å². The molecule has 1 spiro atoms. The van der Waals surface area contributed by atoms with Crippen LogP contribution in [0.5, 0.6) is 0 Å². The number of ether oxygens (including phenoxy) is 2. The van der Waals surface area contributed by atoms with Crippen molar-refractivity contribution in [1.82, 2.24) is 0 Å². The molecule has 0 radical (unpaired) electrons. The summed E-state index contributed by atoms with van der Waals surface area (Å²) in [6.45, 7) is 8.76. The minimum Gasteiger partial charge on any atom is -0.347 e. The van der Waals surface area contributed by atoms with Crippen LogP contribution >= 0.6 is 11.6 Å². The maximum absolute atomic E-state index is 6.22. The van der Waals surface area contributed by atoms with Crippen molar-refractivity contribution in [1.29, 1.82) is 0 Å². The highest BCUT2D eigenvalue weighted by Crippen LogP contribution is 2.69. The Kier molecular flexibility index (Phi) is 3.99. The van der Waals surface area contributed by atoms with E-state index in [9.17, 15) is 0 Å². The normalized spacial score (nSPS) is 43.5. The molecule has 0 aromatic heterocycles. The van der Waals surface area contributed by atoms with Gasteiger partial charge in [-0.2, -0.15) is 0 Å². The summed E-state index contributed by atoms with van der Waals surface area (Å²) < 4.78 is 12.4. The fraction of sp³-hybridized carbons (Fsp3) is 0.810. The first kappa shape index (κ1) is 17.1. The summed E-state index contributed by atoms with van der Waals surface area (Å²) >= 11 is 6.08. The molecule has 4 rings (SSSR count). The summed E-state index contributed by atoms with van der Waals surface area (Å²) in [6, 6.07) is 0. The zero-order valence-electron chi connectivity index (χ0n) is 15.4.